The van der Waals surface area contributed by atoms with E-state index in [4.69, 9.17) is 14.2 Å². The molecule has 0 saturated heterocycles. The summed E-state index contributed by atoms with van der Waals surface area (Å²) in [5.41, 5.74) is 0. The SMILES string of the molecule is CC/C=C\C/C=C\C/C=C\C/C=C\CCCCCCCCCCCCCCCCCCCCCCC(=O)OCC(COC(=O)CCCCCCCC)OC(=O)CCCCCCCCCCC/C=C\CCCCCCCCCC. The number of carbonyl (C=O) groups excluding carboxylic acids is 3. The maximum atomic E-state index is 12.9. The average Bonchev–Trinajstić information content (AvgIpc) is 3.44. The molecular formula is C72H130O6. The quantitative estimate of drug-likeness (QED) is 0.0261. The predicted molar refractivity (Wildman–Crippen MR) is 339 cm³/mol. The Labute approximate surface area is 485 Å². The molecule has 0 heterocycles. The van der Waals surface area contributed by atoms with Crippen molar-refractivity contribution in [1.29, 1.82) is 0 Å². The van der Waals surface area contributed by atoms with Crippen molar-refractivity contribution < 1.29 is 28.6 Å². The molecule has 0 aliphatic rings. The van der Waals surface area contributed by atoms with E-state index in [9.17, 15) is 14.4 Å². The van der Waals surface area contributed by atoms with E-state index in [1.54, 1.807) is 0 Å². The van der Waals surface area contributed by atoms with Crippen molar-refractivity contribution in [3.8, 4) is 0 Å². The third-order valence-corrected chi connectivity index (χ3v) is 15.3. The molecule has 0 fully saturated rings. The lowest BCUT2D eigenvalue weighted by atomic mass is 10.0. The molecule has 454 valence electrons. The van der Waals surface area contributed by atoms with Gasteiger partial charge in [-0.25, -0.2) is 0 Å². The molecule has 0 N–H and O–H groups in total. The first-order valence-electron chi connectivity index (χ1n) is 34.3. The molecule has 0 spiro atoms. The summed E-state index contributed by atoms with van der Waals surface area (Å²) in [7, 11) is 0. The average molecular weight is 1090 g/mol. The van der Waals surface area contributed by atoms with Crippen molar-refractivity contribution in [3.63, 3.8) is 0 Å². The molecular weight excluding hydrogens is 961 g/mol. The lowest BCUT2D eigenvalue weighted by Gasteiger charge is -2.18. The third kappa shape index (κ3) is 63.9. The van der Waals surface area contributed by atoms with Gasteiger partial charge < -0.3 is 14.2 Å². The molecule has 0 amide bonds. The van der Waals surface area contributed by atoms with Crippen LogP contribution >= 0.6 is 0 Å². The Hall–Kier alpha value is -2.89. The van der Waals surface area contributed by atoms with E-state index < -0.39 is 6.10 Å². The highest BCUT2D eigenvalue weighted by molar-refractivity contribution is 5.71. The zero-order valence-electron chi connectivity index (χ0n) is 52.2. The number of esters is 3. The van der Waals surface area contributed by atoms with E-state index in [0.717, 1.165) is 83.5 Å². The van der Waals surface area contributed by atoms with E-state index >= 15 is 0 Å². The number of rotatable bonds is 63. The van der Waals surface area contributed by atoms with E-state index in [1.165, 1.54) is 238 Å². The molecule has 0 aromatic carbocycles. The van der Waals surface area contributed by atoms with Crippen molar-refractivity contribution in [2.45, 2.75) is 367 Å². The first-order valence-corrected chi connectivity index (χ1v) is 34.3. The van der Waals surface area contributed by atoms with Gasteiger partial charge in [0, 0.05) is 19.3 Å². The molecule has 0 aliphatic carbocycles. The molecule has 0 rings (SSSR count). The maximum Gasteiger partial charge on any atom is 0.306 e. The Kier molecular flexibility index (Phi) is 64.2. The number of allylic oxidation sites excluding steroid dienone is 10. The molecule has 6 nitrogen and oxygen atoms in total. The van der Waals surface area contributed by atoms with Gasteiger partial charge in [-0.15, -0.1) is 0 Å². The summed E-state index contributed by atoms with van der Waals surface area (Å²) in [6.45, 7) is 6.52. The summed E-state index contributed by atoms with van der Waals surface area (Å²) in [6, 6.07) is 0. The normalized spacial score (nSPS) is 12.4. The molecule has 0 aliphatic heterocycles. The number of hydrogen-bond donors (Lipinski definition) is 0. The molecule has 1 atom stereocenters. The van der Waals surface area contributed by atoms with Gasteiger partial charge in [-0.3, -0.25) is 14.4 Å². The van der Waals surface area contributed by atoms with Crippen LogP contribution < -0.4 is 0 Å². The van der Waals surface area contributed by atoms with Crippen LogP contribution in [0.15, 0.2) is 60.8 Å². The second-order valence-electron chi connectivity index (χ2n) is 23.1. The fourth-order valence-corrected chi connectivity index (χ4v) is 10.1. The Morgan fingerprint density at radius 1 is 0.269 bits per heavy atom. The van der Waals surface area contributed by atoms with Crippen LogP contribution in [0.2, 0.25) is 0 Å². The summed E-state index contributed by atoms with van der Waals surface area (Å²) in [5, 5.41) is 0. The Balaban J connectivity index is 3.96. The molecule has 1 unspecified atom stereocenters. The van der Waals surface area contributed by atoms with Gasteiger partial charge in [-0.2, -0.15) is 0 Å². The van der Waals surface area contributed by atoms with Crippen molar-refractivity contribution >= 4 is 17.9 Å². The smallest absolute Gasteiger partial charge is 0.306 e. The summed E-state index contributed by atoms with van der Waals surface area (Å²) in [4.78, 5) is 38.1. The van der Waals surface area contributed by atoms with Gasteiger partial charge >= 0.3 is 17.9 Å². The van der Waals surface area contributed by atoms with Crippen molar-refractivity contribution in [3.05, 3.63) is 60.8 Å². The first kappa shape index (κ1) is 75.1. The van der Waals surface area contributed by atoms with Crippen LogP contribution in [0.1, 0.15) is 361 Å². The zero-order valence-corrected chi connectivity index (χ0v) is 52.2. The highest BCUT2D eigenvalue weighted by Gasteiger charge is 2.19. The van der Waals surface area contributed by atoms with Crippen LogP contribution in [0.5, 0.6) is 0 Å². The molecule has 0 aromatic heterocycles. The van der Waals surface area contributed by atoms with Gasteiger partial charge in [-0.1, -0.05) is 319 Å². The number of carbonyl (C=O) groups is 3. The van der Waals surface area contributed by atoms with Crippen LogP contribution in [-0.4, -0.2) is 37.2 Å². The molecule has 0 bridgehead atoms. The van der Waals surface area contributed by atoms with Crippen LogP contribution in [0, 0.1) is 0 Å². The minimum atomic E-state index is -0.769. The molecule has 0 aromatic rings. The van der Waals surface area contributed by atoms with Crippen LogP contribution in [0.4, 0.5) is 0 Å². The van der Waals surface area contributed by atoms with Crippen molar-refractivity contribution in [2.75, 3.05) is 13.2 Å². The minimum Gasteiger partial charge on any atom is -0.462 e. The zero-order chi connectivity index (χ0) is 56.4. The molecule has 6 heteroatoms. The Bertz CT molecular complexity index is 1390. The standard InChI is InChI=1S/C72H130O6/c1-4-7-10-13-16-18-20-22-24-26-28-30-31-32-33-34-35-36-37-38-39-40-41-43-44-46-48-50-52-54-56-59-62-65-71(74)77-68-69(67-76-70(73)64-61-58-15-12-9-6-3)78-72(75)66-63-60-57-55-53-51-49-47-45-42-29-27-25-23-21-19-17-14-11-8-5-2/h7,10,16,18,22,24,27-30,69H,4-6,8-9,11-15,17,19-21,23,25-26,31-68H2,1-3H3/b10-7-,18-16-,24-22-,29-27-,30-28-. The number of hydrogen-bond acceptors (Lipinski definition) is 6. The van der Waals surface area contributed by atoms with E-state index in [0.29, 0.717) is 19.3 Å². The fourth-order valence-electron chi connectivity index (χ4n) is 10.1. The van der Waals surface area contributed by atoms with Gasteiger partial charge in [0.2, 0.25) is 0 Å². The Morgan fingerprint density at radius 3 is 0.795 bits per heavy atom. The van der Waals surface area contributed by atoms with E-state index in [-0.39, 0.29) is 31.1 Å². The van der Waals surface area contributed by atoms with Gasteiger partial charge in [0.15, 0.2) is 6.10 Å². The lowest BCUT2D eigenvalue weighted by molar-refractivity contribution is -0.167. The summed E-state index contributed by atoms with van der Waals surface area (Å²) >= 11 is 0. The molecule has 0 saturated carbocycles. The highest BCUT2D eigenvalue weighted by atomic mass is 16.6. The molecule has 78 heavy (non-hydrogen) atoms. The number of unbranched alkanes of at least 4 members (excludes halogenated alkanes) is 42. The minimum absolute atomic E-state index is 0.0697. The second-order valence-corrected chi connectivity index (χ2v) is 23.1. The van der Waals surface area contributed by atoms with Gasteiger partial charge in [0.25, 0.3) is 0 Å². The van der Waals surface area contributed by atoms with Gasteiger partial charge in [-0.05, 0) is 83.5 Å². The van der Waals surface area contributed by atoms with E-state index in [1.807, 2.05) is 0 Å². The molecule has 0 radical (unpaired) electrons. The van der Waals surface area contributed by atoms with Crippen LogP contribution in [0.25, 0.3) is 0 Å². The van der Waals surface area contributed by atoms with Gasteiger partial charge in [0.05, 0.1) is 0 Å². The van der Waals surface area contributed by atoms with Gasteiger partial charge in [0.1, 0.15) is 13.2 Å². The number of ether oxygens (including phenoxy) is 3. The highest BCUT2D eigenvalue weighted by Crippen LogP contribution is 2.18. The van der Waals surface area contributed by atoms with Crippen molar-refractivity contribution in [2.24, 2.45) is 0 Å². The predicted octanol–water partition coefficient (Wildman–Crippen LogP) is 23.5. The van der Waals surface area contributed by atoms with Crippen molar-refractivity contribution in [1.82, 2.24) is 0 Å². The summed E-state index contributed by atoms with van der Waals surface area (Å²) < 4.78 is 16.8. The Morgan fingerprint density at radius 2 is 0.500 bits per heavy atom. The topological polar surface area (TPSA) is 78.9 Å². The first-order chi connectivity index (χ1) is 38.5. The maximum absolute atomic E-state index is 12.9. The van der Waals surface area contributed by atoms with Crippen LogP contribution in [0.3, 0.4) is 0 Å². The second kappa shape index (κ2) is 66.6. The monoisotopic (exact) mass is 1090 g/mol. The third-order valence-electron chi connectivity index (χ3n) is 15.3. The summed E-state index contributed by atoms with van der Waals surface area (Å²) in [6.07, 6.45) is 85.8. The lowest BCUT2D eigenvalue weighted by Crippen LogP contribution is -2.30. The van der Waals surface area contributed by atoms with Crippen LogP contribution in [-0.2, 0) is 28.6 Å². The fraction of sp³-hybridized carbons (Fsp3) is 0.819. The van der Waals surface area contributed by atoms with E-state index in [2.05, 4.69) is 81.5 Å². The summed E-state index contributed by atoms with van der Waals surface area (Å²) in [5.74, 6) is -0.861. The largest absolute Gasteiger partial charge is 0.462 e.